The van der Waals surface area contributed by atoms with Gasteiger partial charge in [-0.15, -0.1) is 0 Å². The summed E-state index contributed by atoms with van der Waals surface area (Å²) < 4.78 is 24.3. The highest BCUT2D eigenvalue weighted by molar-refractivity contribution is 7.92. The maximum atomic E-state index is 12.2. The predicted molar refractivity (Wildman–Crippen MR) is 68.9 cm³/mol. The number of hydrogen-bond donors (Lipinski definition) is 2. The Bertz CT molecular complexity index is 626. The number of halogens is 1. The summed E-state index contributed by atoms with van der Waals surface area (Å²) in [6.07, 6.45) is 0.00268. The molecule has 8 heteroatoms. The molecule has 0 fully saturated rings. The van der Waals surface area contributed by atoms with E-state index in [1.54, 1.807) is 0 Å². The number of carboxylic acid groups (broad SMARTS) is 1. The van der Waals surface area contributed by atoms with Crippen LogP contribution in [0, 0.1) is 0 Å². The summed E-state index contributed by atoms with van der Waals surface area (Å²) in [6.45, 7) is 1.50. The number of aromatic carboxylic acids is 1. The van der Waals surface area contributed by atoms with Crippen LogP contribution in [0.25, 0.3) is 0 Å². The zero-order chi connectivity index (χ0) is 14.8. The van der Waals surface area contributed by atoms with Gasteiger partial charge in [0, 0.05) is 0 Å². The minimum absolute atomic E-state index is 0.00268. The average molecular weight is 306 g/mol. The SMILES string of the molecule is CCC(C(N)=O)S(=O)(=O)c1ccc(Cl)c(C(=O)O)c1. The van der Waals surface area contributed by atoms with Crippen molar-refractivity contribution in [2.75, 3.05) is 0 Å². The van der Waals surface area contributed by atoms with Gasteiger partial charge in [0.15, 0.2) is 9.84 Å². The number of carbonyl (C=O) groups excluding carboxylic acids is 1. The van der Waals surface area contributed by atoms with Crippen molar-refractivity contribution in [3.63, 3.8) is 0 Å². The van der Waals surface area contributed by atoms with Crippen LogP contribution in [0.2, 0.25) is 5.02 Å². The van der Waals surface area contributed by atoms with E-state index in [4.69, 9.17) is 22.4 Å². The van der Waals surface area contributed by atoms with Crippen molar-refractivity contribution in [3.8, 4) is 0 Å². The monoisotopic (exact) mass is 305 g/mol. The lowest BCUT2D eigenvalue weighted by Gasteiger charge is -2.13. The van der Waals surface area contributed by atoms with Crippen LogP contribution in [-0.4, -0.2) is 30.7 Å². The number of amides is 1. The van der Waals surface area contributed by atoms with Crippen LogP contribution in [-0.2, 0) is 14.6 Å². The molecule has 6 nitrogen and oxygen atoms in total. The molecular weight excluding hydrogens is 294 g/mol. The molecule has 0 saturated carbocycles. The molecule has 0 heterocycles. The normalized spacial score (nSPS) is 12.9. The fraction of sp³-hybridized carbons (Fsp3) is 0.273. The Kier molecular flexibility index (Phi) is 4.54. The number of nitrogens with two attached hydrogens (primary N) is 1. The summed E-state index contributed by atoms with van der Waals surface area (Å²) >= 11 is 5.65. The first kappa shape index (κ1) is 15.5. The largest absolute Gasteiger partial charge is 0.478 e. The summed E-state index contributed by atoms with van der Waals surface area (Å²) in [4.78, 5) is 21.7. The number of carboxylic acids is 1. The van der Waals surface area contributed by atoms with Gasteiger partial charge in [0.05, 0.1) is 15.5 Å². The number of benzene rings is 1. The Morgan fingerprint density at radius 2 is 2.00 bits per heavy atom. The third-order valence-electron chi connectivity index (χ3n) is 2.56. The average Bonchev–Trinajstić information content (AvgIpc) is 2.28. The van der Waals surface area contributed by atoms with Gasteiger partial charge in [-0.1, -0.05) is 18.5 Å². The number of sulfone groups is 1. The predicted octanol–water partition coefficient (Wildman–Crippen LogP) is 1.08. The van der Waals surface area contributed by atoms with E-state index >= 15 is 0 Å². The van der Waals surface area contributed by atoms with Gasteiger partial charge in [0.1, 0.15) is 5.25 Å². The maximum absolute atomic E-state index is 12.2. The van der Waals surface area contributed by atoms with Crippen LogP contribution in [0.4, 0.5) is 0 Å². The second kappa shape index (κ2) is 5.58. The number of hydrogen-bond acceptors (Lipinski definition) is 4. The van der Waals surface area contributed by atoms with E-state index in [2.05, 4.69) is 0 Å². The Morgan fingerprint density at radius 3 is 2.42 bits per heavy atom. The summed E-state index contributed by atoms with van der Waals surface area (Å²) in [5, 5.41) is 7.41. The molecule has 0 aliphatic carbocycles. The fourth-order valence-corrected chi connectivity index (χ4v) is 3.39. The molecule has 0 radical (unpaired) electrons. The van der Waals surface area contributed by atoms with Crippen LogP contribution in [0.5, 0.6) is 0 Å². The van der Waals surface area contributed by atoms with Crippen molar-refractivity contribution in [1.82, 2.24) is 0 Å². The maximum Gasteiger partial charge on any atom is 0.337 e. The quantitative estimate of drug-likeness (QED) is 0.844. The number of rotatable bonds is 5. The first-order chi connectivity index (χ1) is 8.71. The van der Waals surface area contributed by atoms with E-state index in [0.29, 0.717) is 0 Å². The van der Waals surface area contributed by atoms with Crippen LogP contribution in [0.1, 0.15) is 23.7 Å². The van der Waals surface area contributed by atoms with Crippen LogP contribution < -0.4 is 5.73 Å². The minimum atomic E-state index is -4.02. The van der Waals surface area contributed by atoms with Crippen molar-refractivity contribution < 1.29 is 23.1 Å². The van der Waals surface area contributed by atoms with Gasteiger partial charge in [-0.2, -0.15) is 0 Å². The van der Waals surface area contributed by atoms with Gasteiger partial charge in [0.25, 0.3) is 0 Å². The fourth-order valence-electron chi connectivity index (χ4n) is 1.58. The lowest BCUT2D eigenvalue weighted by molar-refractivity contribution is -0.117. The molecule has 0 aliphatic heterocycles. The highest BCUT2D eigenvalue weighted by Gasteiger charge is 2.31. The zero-order valence-corrected chi connectivity index (χ0v) is 11.5. The number of primary amides is 1. The van der Waals surface area contributed by atoms with E-state index < -0.39 is 27.0 Å². The van der Waals surface area contributed by atoms with E-state index in [9.17, 15) is 18.0 Å². The summed E-state index contributed by atoms with van der Waals surface area (Å²) in [5.74, 6) is -2.33. The molecule has 1 aromatic rings. The van der Waals surface area contributed by atoms with Gasteiger partial charge < -0.3 is 10.8 Å². The van der Waals surface area contributed by atoms with Crippen LogP contribution in [0.3, 0.4) is 0 Å². The van der Waals surface area contributed by atoms with Crippen LogP contribution in [0.15, 0.2) is 23.1 Å². The molecule has 104 valence electrons. The lowest BCUT2D eigenvalue weighted by atomic mass is 10.2. The standard InChI is InChI=1S/C11H12ClNO5S/c1-2-9(10(13)14)19(17,18)6-3-4-8(12)7(5-6)11(15)16/h3-5,9H,2H2,1H3,(H2,13,14)(H,15,16). The van der Waals surface area contributed by atoms with Crippen molar-refractivity contribution in [3.05, 3.63) is 28.8 Å². The number of carbonyl (C=O) groups is 2. The molecule has 0 bridgehead atoms. The van der Waals surface area contributed by atoms with Crippen molar-refractivity contribution in [2.45, 2.75) is 23.5 Å². The molecular formula is C11H12ClNO5S. The molecule has 0 aromatic heterocycles. The molecule has 3 N–H and O–H groups in total. The Labute approximate surface area is 115 Å². The van der Waals surface area contributed by atoms with Crippen LogP contribution >= 0.6 is 11.6 Å². The van der Waals surface area contributed by atoms with Gasteiger partial charge >= 0.3 is 5.97 Å². The summed E-state index contributed by atoms with van der Waals surface area (Å²) in [7, 11) is -4.02. The van der Waals surface area contributed by atoms with Gasteiger partial charge in [-0.25, -0.2) is 13.2 Å². The third-order valence-corrected chi connectivity index (χ3v) is 5.11. The van der Waals surface area contributed by atoms with E-state index in [0.717, 1.165) is 18.2 Å². The minimum Gasteiger partial charge on any atom is -0.478 e. The Morgan fingerprint density at radius 1 is 1.42 bits per heavy atom. The molecule has 1 unspecified atom stereocenters. The smallest absolute Gasteiger partial charge is 0.337 e. The van der Waals surface area contributed by atoms with Crippen molar-refractivity contribution in [1.29, 1.82) is 0 Å². The summed E-state index contributed by atoms with van der Waals surface area (Å²) in [6, 6.07) is 3.23. The molecule has 1 aromatic carbocycles. The summed E-state index contributed by atoms with van der Waals surface area (Å²) in [5.41, 5.74) is 4.69. The van der Waals surface area contributed by atoms with Crippen molar-refractivity contribution in [2.24, 2.45) is 5.73 Å². The third kappa shape index (κ3) is 3.05. The van der Waals surface area contributed by atoms with Gasteiger partial charge in [-0.05, 0) is 24.6 Å². The Balaban J connectivity index is 3.41. The topological polar surface area (TPSA) is 115 Å². The molecule has 0 saturated heterocycles. The van der Waals surface area contributed by atoms with E-state index in [1.165, 1.54) is 6.92 Å². The molecule has 0 spiro atoms. The molecule has 1 rings (SSSR count). The first-order valence-corrected chi connectivity index (χ1v) is 7.20. The lowest BCUT2D eigenvalue weighted by Crippen LogP contribution is -2.35. The Hall–Kier alpha value is -1.60. The second-order valence-electron chi connectivity index (χ2n) is 3.79. The molecule has 1 atom stereocenters. The van der Waals surface area contributed by atoms with E-state index in [-0.39, 0.29) is 21.9 Å². The first-order valence-electron chi connectivity index (χ1n) is 5.27. The van der Waals surface area contributed by atoms with Gasteiger partial charge in [0.2, 0.25) is 5.91 Å². The molecule has 19 heavy (non-hydrogen) atoms. The molecule has 0 aliphatic rings. The van der Waals surface area contributed by atoms with E-state index in [1.807, 2.05) is 0 Å². The zero-order valence-electron chi connectivity index (χ0n) is 9.96. The highest BCUT2D eigenvalue weighted by Crippen LogP contribution is 2.24. The second-order valence-corrected chi connectivity index (χ2v) is 6.33. The van der Waals surface area contributed by atoms with Crippen molar-refractivity contribution >= 4 is 33.3 Å². The molecule has 1 amide bonds. The highest BCUT2D eigenvalue weighted by atomic mass is 35.5. The van der Waals surface area contributed by atoms with Gasteiger partial charge in [-0.3, -0.25) is 4.79 Å².